The van der Waals surface area contributed by atoms with Crippen molar-refractivity contribution < 1.29 is 33.4 Å². The molecule has 1 fully saturated rings. The molecule has 0 unspecified atom stereocenters. The van der Waals surface area contributed by atoms with Gasteiger partial charge < -0.3 is 25.0 Å². The number of thiazole rings is 1. The number of esters is 2. The number of hydrogen-bond donors (Lipinski definition) is 2. The average Bonchev–Trinajstić information content (AvgIpc) is 3.58. The van der Waals surface area contributed by atoms with Gasteiger partial charge in [-0.25, -0.2) is 4.98 Å². The van der Waals surface area contributed by atoms with E-state index in [2.05, 4.69) is 15.6 Å². The lowest BCUT2D eigenvalue weighted by Crippen LogP contribution is -2.57. The number of carbonyl (C=O) groups excluding carboxylic acids is 5. The fourth-order valence-corrected chi connectivity index (χ4v) is 7.21. The second kappa shape index (κ2) is 19.5. The molecular formula is C37H55N5O7S. The summed E-state index contributed by atoms with van der Waals surface area (Å²) in [6.07, 6.45) is 3.25. The summed E-state index contributed by atoms with van der Waals surface area (Å²) in [4.78, 5) is 73.2. The van der Waals surface area contributed by atoms with Crippen LogP contribution in [0.15, 0.2) is 35.7 Å². The molecule has 50 heavy (non-hydrogen) atoms. The Bertz CT molecular complexity index is 1430. The highest BCUT2D eigenvalue weighted by Crippen LogP contribution is 2.31. The lowest BCUT2D eigenvalue weighted by atomic mass is 9.94. The third kappa shape index (κ3) is 11.9. The number of ether oxygens (including phenoxy) is 2. The van der Waals surface area contributed by atoms with Crippen LogP contribution in [0.25, 0.3) is 0 Å². The van der Waals surface area contributed by atoms with Gasteiger partial charge in [0.1, 0.15) is 16.7 Å². The highest BCUT2D eigenvalue weighted by Gasteiger charge is 2.36. The number of rotatable bonds is 17. The van der Waals surface area contributed by atoms with Crippen molar-refractivity contribution in [2.45, 2.75) is 110 Å². The van der Waals surface area contributed by atoms with Crippen LogP contribution in [0.4, 0.5) is 0 Å². The lowest BCUT2D eigenvalue weighted by molar-refractivity contribution is -0.149. The SMILES string of the molecule is COC(=O)CC[C@H](Cc1ccccc1)NC(=O)c1csc([C@@H](C[C@H](C(C)C)N(C)C(=O)[C@@H](NC(=O)[C@H]2CCCCN2C)C(C)C)OC(C)=O)n1. The molecule has 2 N–H and O–H groups in total. The van der Waals surface area contributed by atoms with Crippen molar-refractivity contribution in [2.75, 3.05) is 27.7 Å². The predicted octanol–water partition coefficient (Wildman–Crippen LogP) is 4.54. The Morgan fingerprint density at radius 3 is 2.34 bits per heavy atom. The Kier molecular flexibility index (Phi) is 15.8. The van der Waals surface area contributed by atoms with Crippen molar-refractivity contribution in [3.63, 3.8) is 0 Å². The molecule has 1 aliphatic rings. The first-order valence-electron chi connectivity index (χ1n) is 17.5. The molecular weight excluding hydrogens is 659 g/mol. The molecule has 3 rings (SSSR count). The van der Waals surface area contributed by atoms with Gasteiger partial charge in [0.15, 0.2) is 6.10 Å². The van der Waals surface area contributed by atoms with Gasteiger partial charge in [-0.05, 0) is 56.7 Å². The number of benzene rings is 1. The van der Waals surface area contributed by atoms with E-state index in [9.17, 15) is 24.0 Å². The highest BCUT2D eigenvalue weighted by atomic mass is 32.1. The fourth-order valence-electron chi connectivity index (χ4n) is 6.37. The molecule has 1 aromatic carbocycles. The molecule has 2 heterocycles. The van der Waals surface area contributed by atoms with E-state index in [1.807, 2.05) is 70.0 Å². The summed E-state index contributed by atoms with van der Waals surface area (Å²) < 4.78 is 10.6. The molecule has 0 saturated carbocycles. The molecule has 0 spiro atoms. The Morgan fingerprint density at radius 1 is 1.04 bits per heavy atom. The number of hydrogen-bond acceptors (Lipinski definition) is 10. The number of likely N-dealkylation sites (tertiary alicyclic amines) is 1. The first kappa shape index (κ1) is 40.6. The number of likely N-dealkylation sites (N-methyl/N-ethyl adjacent to an activating group) is 2. The van der Waals surface area contributed by atoms with Gasteiger partial charge in [-0.1, -0.05) is 64.4 Å². The molecule has 1 aromatic heterocycles. The van der Waals surface area contributed by atoms with Gasteiger partial charge in [0.05, 0.1) is 13.2 Å². The summed E-state index contributed by atoms with van der Waals surface area (Å²) in [7, 11) is 4.99. The summed E-state index contributed by atoms with van der Waals surface area (Å²) >= 11 is 1.20. The minimum Gasteiger partial charge on any atom is -0.469 e. The van der Waals surface area contributed by atoms with Crippen LogP contribution in [0.1, 0.15) is 100 Å². The maximum Gasteiger partial charge on any atom is 0.305 e. The van der Waals surface area contributed by atoms with Crippen LogP contribution in [-0.2, 0) is 35.1 Å². The van der Waals surface area contributed by atoms with Gasteiger partial charge in [-0.3, -0.25) is 28.9 Å². The first-order chi connectivity index (χ1) is 23.7. The highest BCUT2D eigenvalue weighted by molar-refractivity contribution is 7.09. The summed E-state index contributed by atoms with van der Waals surface area (Å²) in [5.74, 6) is -1.84. The van der Waals surface area contributed by atoms with Crippen molar-refractivity contribution in [1.82, 2.24) is 25.4 Å². The van der Waals surface area contributed by atoms with E-state index in [0.29, 0.717) is 17.8 Å². The maximum absolute atomic E-state index is 14.0. The van der Waals surface area contributed by atoms with Gasteiger partial charge in [-0.2, -0.15) is 0 Å². The number of nitrogens with one attached hydrogen (secondary N) is 2. The van der Waals surface area contributed by atoms with Crippen molar-refractivity contribution in [3.8, 4) is 0 Å². The largest absolute Gasteiger partial charge is 0.469 e. The maximum atomic E-state index is 14.0. The zero-order chi connectivity index (χ0) is 37.0. The standard InChI is InChI=1S/C37H55N5O7S/c1-23(2)30(42(7)37(47)33(24(3)4)40-35(46)29-16-12-13-19-41(29)6)21-31(49-25(5)43)36-39-28(22-50-36)34(45)38-27(17-18-32(44)48-8)20-26-14-10-9-11-15-26/h9-11,14-15,22-24,27,29-31,33H,12-13,16-21H2,1-8H3,(H,38,45)(H,40,46)/t27-,29-,30-,31-,33+/m1/s1. The summed E-state index contributed by atoms with van der Waals surface area (Å²) in [5, 5.41) is 8.09. The third-order valence-electron chi connectivity index (χ3n) is 9.30. The zero-order valence-corrected chi connectivity index (χ0v) is 31.6. The first-order valence-corrected chi connectivity index (χ1v) is 18.4. The van der Waals surface area contributed by atoms with Crippen molar-refractivity contribution in [3.05, 3.63) is 52.0 Å². The Balaban J connectivity index is 1.78. The lowest BCUT2D eigenvalue weighted by Gasteiger charge is -2.37. The van der Waals surface area contributed by atoms with Crippen molar-refractivity contribution in [2.24, 2.45) is 11.8 Å². The summed E-state index contributed by atoms with van der Waals surface area (Å²) in [6, 6.07) is 7.94. The van der Waals surface area contributed by atoms with E-state index in [-0.39, 0.29) is 66.3 Å². The van der Waals surface area contributed by atoms with E-state index in [1.54, 1.807) is 17.3 Å². The second-order valence-electron chi connectivity index (χ2n) is 13.9. The van der Waals surface area contributed by atoms with Crippen molar-refractivity contribution >= 4 is 41.0 Å². The van der Waals surface area contributed by atoms with Crippen LogP contribution < -0.4 is 10.6 Å². The van der Waals surface area contributed by atoms with Crippen LogP contribution >= 0.6 is 11.3 Å². The minimum absolute atomic E-state index is 0.0358. The zero-order valence-electron chi connectivity index (χ0n) is 30.8. The average molecular weight is 714 g/mol. The number of carbonyl (C=O) groups is 5. The van der Waals surface area contributed by atoms with Crippen LogP contribution in [0.3, 0.4) is 0 Å². The van der Waals surface area contributed by atoms with Crippen LogP contribution in [0.2, 0.25) is 0 Å². The number of piperidine rings is 1. The Hall–Kier alpha value is -3.84. The van der Waals surface area contributed by atoms with Crippen LogP contribution in [0.5, 0.6) is 0 Å². The Morgan fingerprint density at radius 2 is 1.74 bits per heavy atom. The molecule has 276 valence electrons. The predicted molar refractivity (Wildman–Crippen MR) is 192 cm³/mol. The van der Waals surface area contributed by atoms with E-state index in [0.717, 1.165) is 31.4 Å². The molecule has 12 nitrogen and oxygen atoms in total. The summed E-state index contributed by atoms with van der Waals surface area (Å²) in [5.41, 5.74) is 1.18. The number of aromatic nitrogens is 1. The molecule has 0 aliphatic carbocycles. The topological polar surface area (TPSA) is 147 Å². The Labute approximate surface area is 300 Å². The van der Waals surface area contributed by atoms with E-state index in [1.165, 1.54) is 25.4 Å². The van der Waals surface area contributed by atoms with Crippen molar-refractivity contribution in [1.29, 1.82) is 0 Å². The molecule has 0 bridgehead atoms. The molecule has 1 saturated heterocycles. The van der Waals surface area contributed by atoms with Gasteiger partial charge >= 0.3 is 11.9 Å². The number of nitrogens with zero attached hydrogens (tertiary/aromatic N) is 3. The van der Waals surface area contributed by atoms with E-state index in [4.69, 9.17) is 9.47 Å². The van der Waals surface area contributed by atoms with Crippen LogP contribution in [-0.4, -0.2) is 96.4 Å². The quantitative estimate of drug-likeness (QED) is 0.226. The molecule has 5 atom stereocenters. The second-order valence-corrected chi connectivity index (χ2v) is 14.8. The summed E-state index contributed by atoms with van der Waals surface area (Å²) in [6.45, 7) is 9.96. The smallest absolute Gasteiger partial charge is 0.305 e. The number of amides is 3. The van der Waals surface area contributed by atoms with Crippen LogP contribution in [0, 0.1) is 11.8 Å². The molecule has 13 heteroatoms. The number of methoxy groups -OCH3 is 1. The van der Waals surface area contributed by atoms with Gasteiger partial charge in [0, 0.05) is 44.3 Å². The van der Waals surface area contributed by atoms with E-state index >= 15 is 0 Å². The molecule has 3 amide bonds. The van der Waals surface area contributed by atoms with Gasteiger partial charge in [0.25, 0.3) is 5.91 Å². The molecule has 1 aliphatic heterocycles. The van der Waals surface area contributed by atoms with E-state index < -0.39 is 24.0 Å². The normalized spacial score (nSPS) is 17.4. The fraction of sp³-hybridized carbons (Fsp3) is 0.622. The molecule has 0 radical (unpaired) electrons. The van der Waals surface area contributed by atoms with Gasteiger partial charge in [0.2, 0.25) is 11.8 Å². The third-order valence-corrected chi connectivity index (χ3v) is 10.2. The monoisotopic (exact) mass is 713 g/mol. The molecule has 2 aromatic rings. The minimum atomic E-state index is -0.816. The van der Waals surface area contributed by atoms with Gasteiger partial charge in [-0.15, -0.1) is 11.3 Å².